The van der Waals surface area contributed by atoms with Gasteiger partial charge in [0.1, 0.15) is 0 Å². The standard InChI is InChI=1S/C24H34N4O3/c1-24(2,3)18-8-6-17(7-9-18)21-20-19(26(4)23(30)25-21)16-28(22(20)29)11-5-10-27-12-14-31-15-13-27/h6-9,21H,5,10-16H2,1-4H3,(H,25,30). The second kappa shape index (κ2) is 8.63. The fraction of sp³-hybridized carbons (Fsp3) is 0.583. The summed E-state index contributed by atoms with van der Waals surface area (Å²) in [7, 11) is 1.74. The highest BCUT2D eigenvalue weighted by Gasteiger charge is 2.42. The molecule has 1 N–H and O–H groups in total. The number of carbonyl (C=O) groups is 2. The molecule has 0 saturated carbocycles. The van der Waals surface area contributed by atoms with Crippen LogP contribution in [-0.2, 0) is 14.9 Å². The maximum atomic E-state index is 13.3. The smallest absolute Gasteiger partial charge is 0.322 e. The van der Waals surface area contributed by atoms with Gasteiger partial charge < -0.3 is 15.0 Å². The molecule has 3 amide bonds. The Morgan fingerprint density at radius 1 is 1.06 bits per heavy atom. The first-order chi connectivity index (χ1) is 14.8. The summed E-state index contributed by atoms with van der Waals surface area (Å²) in [6.07, 6.45) is 0.919. The highest BCUT2D eigenvalue weighted by molar-refractivity contribution is 6.01. The molecule has 168 valence electrons. The molecule has 7 nitrogen and oxygen atoms in total. The number of ether oxygens (including phenoxy) is 1. The molecule has 31 heavy (non-hydrogen) atoms. The lowest BCUT2D eigenvalue weighted by molar-refractivity contribution is -0.125. The van der Waals surface area contributed by atoms with E-state index in [4.69, 9.17) is 4.74 Å². The number of hydrogen-bond acceptors (Lipinski definition) is 4. The number of hydrogen-bond donors (Lipinski definition) is 1. The molecular weight excluding hydrogens is 392 g/mol. The van der Waals surface area contributed by atoms with E-state index in [1.165, 1.54) is 5.56 Å². The van der Waals surface area contributed by atoms with Crippen LogP contribution in [0.5, 0.6) is 0 Å². The van der Waals surface area contributed by atoms with Gasteiger partial charge in [-0.15, -0.1) is 0 Å². The van der Waals surface area contributed by atoms with Crippen molar-refractivity contribution in [1.29, 1.82) is 0 Å². The molecular formula is C24H34N4O3. The van der Waals surface area contributed by atoms with Gasteiger partial charge in [-0.05, 0) is 23.0 Å². The lowest BCUT2D eigenvalue weighted by Crippen LogP contribution is -2.45. The molecule has 3 aliphatic heterocycles. The zero-order chi connectivity index (χ0) is 22.2. The number of rotatable bonds is 5. The van der Waals surface area contributed by atoms with Gasteiger partial charge in [-0.3, -0.25) is 14.6 Å². The molecule has 0 aliphatic carbocycles. The average molecular weight is 427 g/mol. The van der Waals surface area contributed by atoms with E-state index in [1.807, 2.05) is 17.0 Å². The van der Waals surface area contributed by atoms with Crippen LogP contribution in [0.2, 0.25) is 0 Å². The topological polar surface area (TPSA) is 65.1 Å². The largest absolute Gasteiger partial charge is 0.379 e. The lowest BCUT2D eigenvalue weighted by atomic mass is 9.85. The van der Waals surface area contributed by atoms with Gasteiger partial charge in [0.25, 0.3) is 5.91 Å². The molecule has 0 bridgehead atoms. The highest BCUT2D eigenvalue weighted by atomic mass is 16.5. The monoisotopic (exact) mass is 426 g/mol. The predicted octanol–water partition coefficient (Wildman–Crippen LogP) is 2.50. The third kappa shape index (κ3) is 4.48. The quantitative estimate of drug-likeness (QED) is 0.786. The number of amides is 3. The molecule has 1 saturated heterocycles. The van der Waals surface area contributed by atoms with Gasteiger partial charge in [0.05, 0.1) is 37.1 Å². The average Bonchev–Trinajstić information content (AvgIpc) is 3.08. The van der Waals surface area contributed by atoms with E-state index >= 15 is 0 Å². The molecule has 1 aromatic rings. The Balaban J connectivity index is 1.48. The van der Waals surface area contributed by atoms with E-state index in [1.54, 1.807) is 11.9 Å². The molecule has 1 unspecified atom stereocenters. The van der Waals surface area contributed by atoms with Crippen LogP contribution < -0.4 is 5.32 Å². The normalized spacial score (nSPS) is 22.8. The SMILES string of the molecule is CN1C(=O)NC(c2ccc(C(C)(C)C)cc2)C2=C1CN(CCCN1CCOCC1)C2=O. The Morgan fingerprint density at radius 3 is 2.39 bits per heavy atom. The fourth-order valence-corrected chi connectivity index (χ4v) is 4.54. The van der Waals surface area contributed by atoms with E-state index in [-0.39, 0.29) is 17.4 Å². The van der Waals surface area contributed by atoms with Gasteiger partial charge in [-0.1, -0.05) is 45.0 Å². The first-order valence-electron chi connectivity index (χ1n) is 11.2. The van der Waals surface area contributed by atoms with Crippen molar-refractivity contribution in [2.24, 2.45) is 0 Å². The summed E-state index contributed by atoms with van der Waals surface area (Å²) in [5.41, 5.74) is 3.76. The molecule has 1 fully saturated rings. The maximum absolute atomic E-state index is 13.3. The molecule has 3 aliphatic rings. The second-order valence-electron chi connectivity index (χ2n) is 9.71. The summed E-state index contributed by atoms with van der Waals surface area (Å²) in [6.45, 7) is 12.2. The lowest BCUT2D eigenvalue weighted by Gasteiger charge is -2.31. The number of nitrogens with zero attached hydrogens (tertiary/aromatic N) is 3. The first kappa shape index (κ1) is 21.8. The summed E-state index contributed by atoms with van der Waals surface area (Å²) < 4.78 is 5.40. The van der Waals surface area contributed by atoms with E-state index in [0.29, 0.717) is 18.7 Å². The molecule has 0 spiro atoms. The van der Waals surface area contributed by atoms with Gasteiger partial charge in [-0.25, -0.2) is 4.79 Å². The van der Waals surface area contributed by atoms with Crippen molar-refractivity contribution in [1.82, 2.24) is 20.0 Å². The number of nitrogens with one attached hydrogen (secondary N) is 1. The minimum atomic E-state index is -0.399. The Kier molecular flexibility index (Phi) is 6.08. The van der Waals surface area contributed by atoms with Crippen LogP contribution in [0.1, 0.15) is 44.4 Å². The van der Waals surface area contributed by atoms with Crippen LogP contribution in [0.15, 0.2) is 35.5 Å². The third-order valence-corrected chi connectivity index (χ3v) is 6.55. The minimum Gasteiger partial charge on any atom is -0.379 e. The van der Waals surface area contributed by atoms with Crippen LogP contribution in [0, 0.1) is 0 Å². The Labute approximate surface area is 185 Å². The Hall–Kier alpha value is -2.38. The predicted molar refractivity (Wildman–Crippen MR) is 120 cm³/mol. The Morgan fingerprint density at radius 2 is 1.74 bits per heavy atom. The summed E-state index contributed by atoms with van der Waals surface area (Å²) >= 11 is 0. The molecule has 7 heteroatoms. The number of carbonyl (C=O) groups excluding carboxylic acids is 2. The summed E-state index contributed by atoms with van der Waals surface area (Å²) in [5.74, 6) is 0.0359. The fourth-order valence-electron chi connectivity index (χ4n) is 4.54. The van der Waals surface area contributed by atoms with Crippen molar-refractivity contribution in [2.45, 2.75) is 38.6 Å². The summed E-state index contributed by atoms with van der Waals surface area (Å²) in [6, 6.07) is 7.71. The summed E-state index contributed by atoms with van der Waals surface area (Å²) in [4.78, 5) is 31.8. The van der Waals surface area contributed by atoms with Gasteiger partial charge >= 0.3 is 6.03 Å². The molecule has 1 aromatic carbocycles. The van der Waals surface area contributed by atoms with E-state index in [9.17, 15) is 9.59 Å². The van der Waals surface area contributed by atoms with Crippen LogP contribution in [0.25, 0.3) is 0 Å². The van der Waals surface area contributed by atoms with Crippen molar-refractivity contribution in [3.8, 4) is 0 Å². The van der Waals surface area contributed by atoms with Gasteiger partial charge in [0.2, 0.25) is 0 Å². The zero-order valence-electron chi connectivity index (χ0n) is 19.1. The number of urea groups is 1. The number of likely N-dealkylation sites (N-methyl/N-ethyl adjacent to an activating group) is 1. The number of morpholine rings is 1. The van der Waals surface area contributed by atoms with Crippen molar-refractivity contribution in [2.75, 3.05) is 53.0 Å². The Bertz CT molecular complexity index is 866. The number of benzene rings is 1. The summed E-state index contributed by atoms with van der Waals surface area (Å²) in [5, 5.41) is 3.03. The second-order valence-corrected chi connectivity index (χ2v) is 9.71. The third-order valence-electron chi connectivity index (χ3n) is 6.55. The van der Waals surface area contributed by atoms with Crippen molar-refractivity contribution < 1.29 is 14.3 Å². The van der Waals surface area contributed by atoms with Crippen molar-refractivity contribution in [3.05, 3.63) is 46.7 Å². The molecule has 3 heterocycles. The van der Waals surface area contributed by atoms with Crippen molar-refractivity contribution in [3.63, 3.8) is 0 Å². The zero-order valence-corrected chi connectivity index (χ0v) is 19.1. The first-order valence-corrected chi connectivity index (χ1v) is 11.2. The molecule has 0 radical (unpaired) electrons. The molecule has 1 atom stereocenters. The van der Waals surface area contributed by atoms with Crippen molar-refractivity contribution >= 4 is 11.9 Å². The van der Waals surface area contributed by atoms with Gasteiger partial charge in [-0.2, -0.15) is 0 Å². The van der Waals surface area contributed by atoms with Gasteiger partial charge in [0.15, 0.2) is 0 Å². The van der Waals surface area contributed by atoms with E-state index < -0.39 is 6.04 Å². The molecule has 4 rings (SSSR count). The van der Waals surface area contributed by atoms with E-state index in [0.717, 1.165) is 50.5 Å². The van der Waals surface area contributed by atoms with Gasteiger partial charge in [0, 0.05) is 33.2 Å². The minimum absolute atomic E-state index is 0.0359. The van der Waals surface area contributed by atoms with E-state index in [2.05, 4.69) is 43.1 Å². The maximum Gasteiger partial charge on any atom is 0.322 e. The van der Waals surface area contributed by atoms with Crippen LogP contribution in [0.3, 0.4) is 0 Å². The van der Waals surface area contributed by atoms with Crippen LogP contribution >= 0.6 is 0 Å². The van der Waals surface area contributed by atoms with Crippen LogP contribution in [-0.4, -0.2) is 79.6 Å². The van der Waals surface area contributed by atoms with Crippen LogP contribution in [0.4, 0.5) is 4.79 Å². The molecule has 0 aromatic heterocycles. The highest BCUT2D eigenvalue weighted by Crippen LogP contribution is 2.36.